The van der Waals surface area contributed by atoms with Crippen molar-refractivity contribution in [3.63, 3.8) is 0 Å². The standard InChI is InChI=1S/C17H24N2O4/c1-17(2,3)23-16(21)18-14-10-19(11-15(20)22-4)9-12-7-5-6-8-13(12)14/h5-8,14H,9-11H2,1-4H3,(H,18,21)/t14-/m1/s1. The first-order valence-corrected chi connectivity index (χ1v) is 7.65. The van der Waals surface area contributed by atoms with E-state index in [-0.39, 0.29) is 18.6 Å². The highest BCUT2D eigenvalue weighted by Gasteiger charge is 2.29. The van der Waals surface area contributed by atoms with Crippen LogP contribution in [0.5, 0.6) is 0 Å². The van der Waals surface area contributed by atoms with Gasteiger partial charge in [-0.05, 0) is 31.9 Å². The molecule has 6 nitrogen and oxygen atoms in total. The lowest BCUT2D eigenvalue weighted by molar-refractivity contribution is -0.142. The SMILES string of the molecule is COC(=O)CN1Cc2ccccc2[C@H](NC(=O)OC(C)(C)C)C1. The van der Waals surface area contributed by atoms with Gasteiger partial charge in [-0.2, -0.15) is 0 Å². The van der Waals surface area contributed by atoms with Gasteiger partial charge in [0.15, 0.2) is 0 Å². The number of benzene rings is 1. The van der Waals surface area contributed by atoms with E-state index in [0.29, 0.717) is 13.1 Å². The van der Waals surface area contributed by atoms with Gasteiger partial charge in [0.25, 0.3) is 0 Å². The average molecular weight is 320 g/mol. The maximum Gasteiger partial charge on any atom is 0.408 e. The highest BCUT2D eigenvalue weighted by atomic mass is 16.6. The molecule has 0 unspecified atom stereocenters. The van der Waals surface area contributed by atoms with E-state index in [4.69, 9.17) is 9.47 Å². The van der Waals surface area contributed by atoms with E-state index < -0.39 is 11.7 Å². The first-order chi connectivity index (χ1) is 10.8. The Bertz CT molecular complexity index is 580. The number of hydrogen-bond acceptors (Lipinski definition) is 5. The Kier molecular flexibility index (Phi) is 5.26. The molecular weight excluding hydrogens is 296 g/mol. The number of rotatable bonds is 3. The van der Waals surface area contributed by atoms with E-state index >= 15 is 0 Å². The number of alkyl carbamates (subject to hydrolysis) is 1. The fourth-order valence-electron chi connectivity index (χ4n) is 2.62. The normalized spacial score (nSPS) is 18.0. The van der Waals surface area contributed by atoms with Gasteiger partial charge < -0.3 is 14.8 Å². The predicted molar refractivity (Wildman–Crippen MR) is 85.8 cm³/mol. The lowest BCUT2D eigenvalue weighted by Crippen LogP contribution is -2.45. The van der Waals surface area contributed by atoms with Crippen LogP contribution in [0.15, 0.2) is 24.3 Å². The Hall–Kier alpha value is -2.08. The van der Waals surface area contributed by atoms with Gasteiger partial charge in [-0.1, -0.05) is 24.3 Å². The molecular formula is C17H24N2O4. The second kappa shape index (κ2) is 7.00. The predicted octanol–water partition coefficient (Wildman–Crippen LogP) is 2.24. The zero-order chi connectivity index (χ0) is 17.0. The molecule has 1 aliphatic heterocycles. The van der Waals surface area contributed by atoms with Crippen molar-refractivity contribution >= 4 is 12.1 Å². The van der Waals surface area contributed by atoms with Crippen LogP contribution in [-0.4, -0.2) is 42.8 Å². The second-order valence-electron chi connectivity index (χ2n) is 6.64. The van der Waals surface area contributed by atoms with Gasteiger partial charge in [-0.25, -0.2) is 4.79 Å². The monoisotopic (exact) mass is 320 g/mol. The third-order valence-corrected chi connectivity index (χ3v) is 3.54. The van der Waals surface area contributed by atoms with Gasteiger partial charge in [-0.15, -0.1) is 0 Å². The van der Waals surface area contributed by atoms with Crippen LogP contribution in [-0.2, 0) is 20.8 Å². The molecule has 1 heterocycles. The van der Waals surface area contributed by atoms with Crippen molar-refractivity contribution in [2.24, 2.45) is 0 Å². The van der Waals surface area contributed by atoms with Crippen molar-refractivity contribution in [3.05, 3.63) is 35.4 Å². The molecule has 0 fully saturated rings. The summed E-state index contributed by atoms with van der Waals surface area (Å²) in [6.45, 7) is 6.85. The number of fused-ring (bicyclic) bond motifs is 1. The summed E-state index contributed by atoms with van der Waals surface area (Å²) in [5.41, 5.74) is 1.59. The van der Waals surface area contributed by atoms with Crippen molar-refractivity contribution in [1.82, 2.24) is 10.2 Å². The number of esters is 1. The highest BCUT2D eigenvalue weighted by molar-refractivity contribution is 5.71. The van der Waals surface area contributed by atoms with Gasteiger partial charge in [0, 0.05) is 13.1 Å². The van der Waals surface area contributed by atoms with E-state index in [1.54, 1.807) is 0 Å². The second-order valence-corrected chi connectivity index (χ2v) is 6.64. The molecule has 1 aliphatic rings. The molecule has 1 aromatic rings. The Balaban J connectivity index is 2.13. The van der Waals surface area contributed by atoms with Crippen molar-refractivity contribution in [3.8, 4) is 0 Å². The van der Waals surface area contributed by atoms with Crippen LogP contribution in [0.4, 0.5) is 4.79 Å². The molecule has 1 amide bonds. The van der Waals surface area contributed by atoms with E-state index in [2.05, 4.69) is 5.32 Å². The van der Waals surface area contributed by atoms with E-state index in [1.165, 1.54) is 7.11 Å². The van der Waals surface area contributed by atoms with Crippen LogP contribution in [0.1, 0.15) is 37.9 Å². The number of hydrogen-bond donors (Lipinski definition) is 1. The molecule has 2 rings (SSSR count). The van der Waals surface area contributed by atoms with E-state index in [9.17, 15) is 9.59 Å². The third kappa shape index (κ3) is 4.96. The molecule has 0 aliphatic carbocycles. The quantitative estimate of drug-likeness (QED) is 0.865. The maximum atomic E-state index is 12.1. The number of nitrogens with one attached hydrogen (secondary N) is 1. The minimum atomic E-state index is -0.552. The van der Waals surface area contributed by atoms with Crippen LogP contribution in [0.25, 0.3) is 0 Å². The summed E-state index contributed by atoms with van der Waals surface area (Å²) in [6, 6.07) is 7.67. The lowest BCUT2D eigenvalue weighted by atomic mass is 9.95. The smallest absolute Gasteiger partial charge is 0.408 e. The lowest BCUT2D eigenvalue weighted by Gasteiger charge is -2.34. The Labute approximate surface area is 136 Å². The van der Waals surface area contributed by atoms with Crippen molar-refractivity contribution < 1.29 is 19.1 Å². The summed E-state index contributed by atoms with van der Waals surface area (Å²) in [4.78, 5) is 25.6. The fraction of sp³-hybridized carbons (Fsp3) is 0.529. The number of nitrogens with zero attached hydrogens (tertiary/aromatic N) is 1. The molecule has 23 heavy (non-hydrogen) atoms. The molecule has 1 N–H and O–H groups in total. The van der Waals surface area contributed by atoms with Crippen molar-refractivity contribution in [1.29, 1.82) is 0 Å². The average Bonchev–Trinajstić information content (AvgIpc) is 2.45. The van der Waals surface area contributed by atoms with E-state index in [1.807, 2.05) is 49.9 Å². The summed E-state index contributed by atoms with van der Waals surface area (Å²) in [5.74, 6) is -0.291. The van der Waals surface area contributed by atoms with Crippen molar-refractivity contribution in [2.45, 2.75) is 39.0 Å². The molecule has 0 saturated carbocycles. The maximum absolute atomic E-state index is 12.1. The molecule has 6 heteroatoms. The van der Waals surface area contributed by atoms with Gasteiger partial charge >= 0.3 is 12.1 Å². The molecule has 0 aromatic heterocycles. The molecule has 1 aromatic carbocycles. The van der Waals surface area contributed by atoms with Gasteiger partial charge in [0.05, 0.1) is 19.7 Å². The van der Waals surface area contributed by atoms with Gasteiger partial charge in [-0.3, -0.25) is 9.69 Å². The Morgan fingerprint density at radius 3 is 2.65 bits per heavy atom. The van der Waals surface area contributed by atoms with Crippen LogP contribution in [0.2, 0.25) is 0 Å². The number of amides is 1. The minimum absolute atomic E-state index is 0.192. The highest BCUT2D eigenvalue weighted by Crippen LogP contribution is 2.26. The van der Waals surface area contributed by atoms with Gasteiger partial charge in [0.2, 0.25) is 0 Å². The fourth-order valence-corrected chi connectivity index (χ4v) is 2.62. The topological polar surface area (TPSA) is 67.9 Å². The summed E-state index contributed by atoms with van der Waals surface area (Å²) in [7, 11) is 1.37. The van der Waals surface area contributed by atoms with Crippen LogP contribution in [0.3, 0.4) is 0 Å². The Morgan fingerprint density at radius 1 is 1.30 bits per heavy atom. The first-order valence-electron chi connectivity index (χ1n) is 7.65. The summed E-state index contributed by atoms with van der Waals surface area (Å²) < 4.78 is 10.1. The molecule has 0 radical (unpaired) electrons. The number of methoxy groups -OCH3 is 1. The van der Waals surface area contributed by atoms with Crippen molar-refractivity contribution in [2.75, 3.05) is 20.2 Å². The number of carbonyl (C=O) groups excluding carboxylic acids is 2. The summed E-state index contributed by atoms with van der Waals surface area (Å²) in [5, 5.41) is 2.90. The zero-order valence-electron chi connectivity index (χ0n) is 14.1. The molecule has 0 saturated heterocycles. The van der Waals surface area contributed by atoms with E-state index in [0.717, 1.165) is 11.1 Å². The summed E-state index contributed by atoms with van der Waals surface area (Å²) >= 11 is 0. The number of carbonyl (C=O) groups is 2. The minimum Gasteiger partial charge on any atom is -0.468 e. The molecule has 0 bridgehead atoms. The van der Waals surface area contributed by atoms with Gasteiger partial charge in [0.1, 0.15) is 5.60 Å². The molecule has 1 atom stereocenters. The zero-order valence-corrected chi connectivity index (χ0v) is 14.1. The number of ether oxygens (including phenoxy) is 2. The van der Waals surface area contributed by atoms with Crippen LogP contribution >= 0.6 is 0 Å². The molecule has 0 spiro atoms. The summed E-state index contributed by atoms with van der Waals surface area (Å²) in [6.07, 6.45) is -0.461. The third-order valence-electron chi connectivity index (χ3n) is 3.54. The molecule has 126 valence electrons. The first kappa shape index (κ1) is 17.3. The van der Waals surface area contributed by atoms with Crippen LogP contribution < -0.4 is 5.32 Å². The van der Waals surface area contributed by atoms with Crippen LogP contribution in [0, 0.1) is 0 Å². The largest absolute Gasteiger partial charge is 0.468 e. The Morgan fingerprint density at radius 2 is 2.00 bits per heavy atom.